The van der Waals surface area contributed by atoms with E-state index in [2.05, 4.69) is 0 Å². The Morgan fingerprint density at radius 2 is 2.17 bits per heavy atom. The number of halogens is 1. The molecule has 0 spiro atoms. The number of methoxy groups -OCH3 is 1. The van der Waals surface area contributed by atoms with Crippen molar-refractivity contribution in [2.75, 3.05) is 33.9 Å². The van der Waals surface area contributed by atoms with Crippen molar-refractivity contribution in [3.05, 3.63) is 29.6 Å². The van der Waals surface area contributed by atoms with Gasteiger partial charge in [0.05, 0.1) is 19.3 Å². The van der Waals surface area contributed by atoms with Gasteiger partial charge in [-0.1, -0.05) is 6.07 Å². The molecule has 100 valence electrons. The quantitative estimate of drug-likeness (QED) is 0.747. The Balaban J connectivity index is 2.72. The van der Waals surface area contributed by atoms with Crippen molar-refractivity contribution >= 4 is 5.78 Å². The summed E-state index contributed by atoms with van der Waals surface area (Å²) in [4.78, 5) is 13.8. The highest BCUT2D eigenvalue weighted by Crippen LogP contribution is 2.22. The summed E-state index contributed by atoms with van der Waals surface area (Å²) in [5, 5.41) is 8.74. The monoisotopic (exact) mass is 255 g/mol. The van der Waals surface area contributed by atoms with Crippen LogP contribution in [0.5, 0.6) is 5.75 Å². The molecule has 0 heterocycles. The summed E-state index contributed by atoms with van der Waals surface area (Å²) in [6.07, 6.45) is 0.188. The van der Waals surface area contributed by atoms with Crippen LogP contribution in [0.4, 0.5) is 4.39 Å². The SMILES string of the molecule is COc1cccc(F)c1C(=O)CCN(C)CCO. The molecular formula is C13H18FNO3. The smallest absolute Gasteiger partial charge is 0.170 e. The van der Waals surface area contributed by atoms with E-state index in [0.717, 1.165) is 0 Å². The van der Waals surface area contributed by atoms with Crippen molar-refractivity contribution < 1.29 is 19.0 Å². The van der Waals surface area contributed by atoms with Gasteiger partial charge in [-0.3, -0.25) is 4.79 Å². The van der Waals surface area contributed by atoms with Crippen LogP contribution < -0.4 is 4.74 Å². The number of carbonyl (C=O) groups excluding carboxylic acids is 1. The second-order valence-electron chi connectivity index (χ2n) is 4.02. The first-order valence-corrected chi connectivity index (χ1v) is 5.75. The van der Waals surface area contributed by atoms with Gasteiger partial charge in [-0.25, -0.2) is 4.39 Å². The van der Waals surface area contributed by atoms with E-state index in [9.17, 15) is 9.18 Å². The van der Waals surface area contributed by atoms with Gasteiger partial charge < -0.3 is 14.7 Å². The molecule has 0 aliphatic heterocycles. The summed E-state index contributed by atoms with van der Waals surface area (Å²) in [7, 11) is 3.20. The number of Topliss-reactive ketones (excluding diaryl/α,β-unsaturated/α-hetero) is 1. The maximum absolute atomic E-state index is 13.6. The van der Waals surface area contributed by atoms with E-state index in [-0.39, 0.29) is 30.1 Å². The van der Waals surface area contributed by atoms with Crippen molar-refractivity contribution in [2.24, 2.45) is 0 Å². The minimum absolute atomic E-state index is 0.00241. The molecule has 0 atom stereocenters. The Morgan fingerprint density at radius 1 is 1.44 bits per heavy atom. The molecule has 18 heavy (non-hydrogen) atoms. The predicted molar refractivity (Wildman–Crippen MR) is 66.5 cm³/mol. The molecule has 0 aromatic heterocycles. The second kappa shape index (κ2) is 7.08. The average molecular weight is 255 g/mol. The van der Waals surface area contributed by atoms with Crippen LogP contribution in [0.1, 0.15) is 16.8 Å². The van der Waals surface area contributed by atoms with Crippen LogP contribution in [0.2, 0.25) is 0 Å². The maximum Gasteiger partial charge on any atom is 0.170 e. The minimum Gasteiger partial charge on any atom is -0.496 e. The number of ether oxygens (including phenoxy) is 1. The number of ketones is 1. The fourth-order valence-electron chi connectivity index (χ4n) is 1.64. The summed E-state index contributed by atoms with van der Waals surface area (Å²) in [6, 6.07) is 4.31. The number of benzene rings is 1. The highest BCUT2D eigenvalue weighted by Gasteiger charge is 2.17. The first-order valence-electron chi connectivity index (χ1n) is 5.75. The van der Waals surface area contributed by atoms with Crippen molar-refractivity contribution in [3.8, 4) is 5.75 Å². The Kier molecular flexibility index (Phi) is 5.74. The summed E-state index contributed by atoms with van der Waals surface area (Å²) < 4.78 is 18.6. The summed E-state index contributed by atoms with van der Waals surface area (Å²) in [5.74, 6) is -0.608. The Labute approximate surface area is 106 Å². The molecule has 1 aromatic rings. The van der Waals surface area contributed by atoms with Gasteiger partial charge in [0.15, 0.2) is 5.78 Å². The zero-order valence-corrected chi connectivity index (χ0v) is 10.6. The second-order valence-corrected chi connectivity index (χ2v) is 4.02. The molecule has 0 unspecified atom stereocenters. The van der Waals surface area contributed by atoms with E-state index in [1.54, 1.807) is 13.1 Å². The summed E-state index contributed by atoms with van der Waals surface area (Å²) >= 11 is 0. The number of aliphatic hydroxyl groups excluding tert-OH is 1. The highest BCUT2D eigenvalue weighted by atomic mass is 19.1. The van der Waals surface area contributed by atoms with Crippen molar-refractivity contribution in [1.29, 1.82) is 0 Å². The molecule has 1 N–H and O–H groups in total. The minimum atomic E-state index is -0.566. The van der Waals surface area contributed by atoms with Gasteiger partial charge in [-0.15, -0.1) is 0 Å². The average Bonchev–Trinajstić information content (AvgIpc) is 2.36. The molecule has 0 fully saturated rings. The Hall–Kier alpha value is -1.46. The van der Waals surface area contributed by atoms with Crippen LogP contribution in [0.15, 0.2) is 18.2 Å². The van der Waals surface area contributed by atoms with E-state index in [0.29, 0.717) is 13.1 Å². The van der Waals surface area contributed by atoms with Gasteiger partial charge in [0, 0.05) is 19.5 Å². The van der Waals surface area contributed by atoms with E-state index in [1.807, 2.05) is 4.90 Å². The molecule has 0 aliphatic rings. The lowest BCUT2D eigenvalue weighted by Crippen LogP contribution is -2.25. The number of likely N-dealkylation sites (N-methyl/N-ethyl adjacent to an activating group) is 1. The van der Waals surface area contributed by atoms with E-state index < -0.39 is 5.82 Å². The predicted octanol–water partition coefficient (Wildman–Crippen LogP) is 1.33. The molecule has 0 saturated heterocycles. The van der Waals surface area contributed by atoms with Gasteiger partial charge in [-0.05, 0) is 19.2 Å². The lowest BCUT2D eigenvalue weighted by molar-refractivity contribution is 0.0957. The van der Waals surface area contributed by atoms with E-state index in [4.69, 9.17) is 9.84 Å². The van der Waals surface area contributed by atoms with Crippen LogP contribution >= 0.6 is 0 Å². The molecule has 0 saturated carbocycles. The number of aliphatic hydroxyl groups is 1. The van der Waals surface area contributed by atoms with Crippen LogP contribution in [0, 0.1) is 5.82 Å². The van der Waals surface area contributed by atoms with Crippen LogP contribution in [0.3, 0.4) is 0 Å². The Bertz CT molecular complexity index is 409. The summed E-state index contributed by atoms with van der Waals surface area (Å²) in [6.45, 7) is 0.992. The zero-order chi connectivity index (χ0) is 13.5. The Morgan fingerprint density at radius 3 is 2.78 bits per heavy atom. The summed E-state index contributed by atoms with van der Waals surface area (Å²) in [5.41, 5.74) is -0.00241. The standard InChI is InChI=1S/C13H18FNO3/c1-15(8-9-16)7-6-11(17)13-10(14)4-3-5-12(13)18-2/h3-5,16H,6-9H2,1-2H3. The van der Waals surface area contributed by atoms with Crippen LogP contribution in [-0.4, -0.2) is 49.6 Å². The number of rotatable bonds is 7. The molecule has 0 aliphatic carbocycles. The van der Waals surface area contributed by atoms with Gasteiger partial charge >= 0.3 is 0 Å². The van der Waals surface area contributed by atoms with Gasteiger partial charge in [0.25, 0.3) is 0 Å². The number of nitrogens with zero attached hydrogens (tertiary/aromatic N) is 1. The third-order valence-electron chi connectivity index (χ3n) is 2.68. The van der Waals surface area contributed by atoms with Gasteiger partial charge in [0.2, 0.25) is 0 Å². The van der Waals surface area contributed by atoms with Crippen molar-refractivity contribution in [2.45, 2.75) is 6.42 Å². The fraction of sp³-hybridized carbons (Fsp3) is 0.462. The van der Waals surface area contributed by atoms with Crippen molar-refractivity contribution in [1.82, 2.24) is 4.90 Å². The van der Waals surface area contributed by atoms with Crippen LogP contribution in [0.25, 0.3) is 0 Å². The van der Waals surface area contributed by atoms with Gasteiger partial charge in [-0.2, -0.15) is 0 Å². The lowest BCUT2D eigenvalue weighted by Gasteiger charge is -2.15. The van der Waals surface area contributed by atoms with E-state index in [1.165, 1.54) is 19.2 Å². The largest absolute Gasteiger partial charge is 0.496 e. The normalized spacial score (nSPS) is 10.7. The van der Waals surface area contributed by atoms with E-state index >= 15 is 0 Å². The number of hydrogen-bond donors (Lipinski definition) is 1. The number of carbonyl (C=O) groups is 1. The molecule has 4 nitrogen and oxygen atoms in total. The maximum atomic E-state index is 13.6. The molecule has 0 bridgehead atoms. The topological polar surface area (TPSA) is 49.8 Å². The molecule has 0 amide bonds. The molecule has 0 radical (unpaired) electrons. The molecular weight excluding hydrogens is 237 g/mol. The third kappa shape index (κ3) is 3.78. The zero-order valence-electron chi connectivity index (χ0n) is 10.6. The lowest BCUT2D eigenvalue weighted by atomic mass is 10.1. The van der Waals surface area contributed by atoms with Crippen molar-refractivity contribution in [3.63, 3.8) is 0 Å². The first-order chi connectivity index (χ1) is 8.60. The highest BCUT2D eigenvalue weighted by molar-refractivity contribution is 5.99. The third-order valence-corrected chi connectivity index (χ3v) is 2.68. The first kappa shape index (κ1) is 14.6. The molecule has 1 rings (SSSR count). The van der Waals surface area contributed by atoms with Crippen LogP contribution in [-0.2, 0) is 0 Å². The number of hydrogen-bond acceptors (Lipinski definition) is 4. The van der Waals surface area contributed by atoms with Gasteiger partial charge in [0.1, 0.15) is 11.6 Å². The molecule has 1 aromatic carbocycles. The molecule has 5 heteroatoms. The fourth-order valence-corrected chi connectivity index (χ4v) is 1.64.